The van der Waals surface area contributed by atoms with E-state index in [1.807, 2.05) is 67.3 Å². The van der Waals surface area contributed by atoms with E-state index in [9.17, 15) is 13.2 Å². The molecule has 2 fully saturated rings. The van der Waals surface area contributed by atoms with Gasteiger partial charge in [0.25, 0.3) is 0 Å². The van der Waals surface area contributed by atoms with Gasteiger partial charge in [-0.25, -0.2) is 8.42 Å². The lowest BCUT2D eigenvalue weighted by Gasteiger charge is -2.39. The monoisotopic (exact) mass is 679 g/mol. The van der Waals surface area contributed by atoms with Crippen LogP contribution in [0.4, 0.5) is 11.4 Å². The molecule has 2 heterocycles. The molecular weight excluding hydrogens is 634 g/mol. The molecule has 1 saturated heterocycles. The summed E-state index contributed by atoms with van der Waals surface area (Å²) in [5, 5.41) is 0.643. The molecule has 1 amide bonds. The highest BCUT2D eigenvalue weighted by Crippen LogP contribution is 2.44. The van der Waals surface area contributed by atoms with E-state index in [2.05, 4.69) is 29.0 Å². The van der Waals surface area contributed by atoms with Crippen LogP contribution < -0.4 is 19.3 Å². The molecule has 6 rings (SSSR count). The lowest BCUT2D eigenvalue weighted by atomic mass is 9.85. The molecule has 3 aromatic carbocycles. The number of hydrogen-bond acceptors (Lipinski definition) is 7. The summed E-state index contributed by atoms with van der Waals surface area (Å²) in [5.41, 5.74) is 4.85. The summed E-state index contributed by atoms with van der Waals surface area (Å²) in [6, 6.07) is 20.1. The third kappa shape index (κ3) is 7.58. The first-order valence-corrected chi connectivity index (χ1v) is 18.9. The number of carbonyl (C=O) groups excluding carboxylic acids is 1. The van der Waals surface area contributed by atoms with Crippen molar-refractivity contribution in [3.63, 3.8) is 0 Å². The van der Waals surface area contributed by atoms with Gasteiger partial charge >= 0.3 is 0 Å². The Morgan fingerprint density at radius 2 is 1.60 bits per heavy atom. The molecule has 10 heteroatoms. The van der Waals surface area contributed by atoms with E-state index in [1.54, 1.807) is 7.11 Å². The van der Waals surface area contributed by atoms with E-state index in [1.165, 1.54) is 0 Å². The molecule has 2 aliphatic heterocycles. The number of amides is 1. The van der Waals surface area contributed by atoms with Crippen molar-refractivity contribution in [2.75, 3.05) is 55.1 Å². The SMILES string of the molecule is COc1cc2c(cc1OC(C)C)[C@H](c1ccc(Cl)cc1)N(c1ccc(N(C)C[C@H]3CC[C@H](N4CCS(=O)(=O)CC4)CC3)cc1)C(=O)C2. The third-order valence-electron chi connectivity index (χ3n) is 9.95. The highest BCUT2D eigenvalue weighted by atomic mass is 35.5. The number of carbonyl (C=O) groups is 1. The van der Waals surface area contributed by atoms with Crippen LogP contribution in [0.25, 0.3) is 0 Å². The maximum atomic E-state index is 13.9. The van der Waals surface area contributed by atoms with Crippen LogP contribution in [0.1, 0.15) is 62.3 Å². The molecule has 47 heavy (non-hydrogen) atoms. The van der Waals surface area contributed by atoms with Gasteiger partial charge in [-0.2, -0.15) is 0 Å². The highest BCUT2D eigenvalue weighted by molar-refractivity contribution is 7.91. The van der Waals surface area contributed by atoms with Gasteiger partial charge < -0.3 is 19.3 Å². The van der Waals surface area contributed by atoms with Crippen molar-refractivity contribution in [1.29, 1.82) is 0 Å². The minimum absolute atomic E-state index is 0.0150. The van der Waals surface area contributed by atoms with Crippen LogP contribution in [-0.2, 0) is 21.1 Å². The lowest BCUT2D eigenvalue weighted by molar-refractivity contribution is -0.118. The number of nitrogens with zero attached hydrogens (tertiary/aromatic N) is 3. The van der Waals surface area contributed by atoms with Gasteiger partial charge in [0.1, 0.15) is 0 Å². The number of rotatable bonds is 9. The maximum Gasteiger partial charge on any atom is 0.232 e. The van der Waals surface area contributed by atoms with Crippen molar-refractivity contribution in [2.24, 2.45) is 5.92 Å². The van der Waals surface area contributed by atoms with Gasteiger partial charge in [-0.1, -0.05) is 23.7 Å². The second kappa shape index (κ2) is 14.1. The summed E-state index contributed by atoms with van der Waals surface area (Å²) in [7, 11) is 0.911. The Morgan fingerprint density at radius 3 is 2.21 bits per heavy atom. The van der Waals surface area contributed by atoms with Gasteiger partial charge in [0.2, 0.25) is 5.91 Å². The summed E-state index contributed by atoms with van der Waals surface area (Å²) in [4.78, 5) is 20.5. The quantitative estimate of drug-likeness (QED) is 0.254. The molecule has 0 unspecified atom stereocenters. The minimum atomic E-state index is -2.85. The molecule has 8 nitrogen and oxygen atoms in total. The van der Waals surface area contributed by atoms with Gasteiger partial charge in [-0.3, -0.25) is 9.69 Å². The largest absolute Gasteiger partial charge is 0.493 e. The minimum Gasteiger partial charge on any atom is -0.493 e. The Hall–Kier alpha value is -3.27. The second-order valence-electron chi connectivity index (χ2n) is 13.5. The van der Waals surface area contributed by atoms with Crippen LogP contribution >= 0.6 is 11.6 Å². The van der Waals surface area contributed by atoms with Gasteiger partial charge in [-0.05, 0) is 111 Å². The average molecular weight is 680 g/mol. The van der Waals surface area contributed by atoms with Gasteiger partial charge in [0.15, 0.2) is 21.3 Å². The Labute approximate surface area is 284 Å². The standard InChI is InChI=1S/C37H46ClN3O5S/c1-25(2)46-35-23-33-28(21-34(35)45-4)22-36(42)41(37(33)27-7-9-29(38)10-8-27)32-15-13-30(14-16-32)39(3)24-26-5-11-31(12-6-26)40-17-19-47(43,44)20-18-40/h7-10,13-16,21,23,25-26,31,37H,5-6,11-12,17-20,22,24H2,1-4H3/t26-,31-,37-/m0/s1. The zero-order chi connectivity index (χ0) is 33.3. The smallest absolute Gasteiger partial charge is 0.232 e. The number of methoxy groups -OCH3 is 1. The summed E-state index contributed by atoms with van der Waals surface area (Å²) in [5.74, 6) is 2.48. The number of sulfone groups is 1. The zero-order valence-electron chi connectivity index (χ0n) is 27.8. The van der Waals surface area contributed by atoms with Crippen molar-refractivity contribution < 1.29 is 22.7 Å². The Bertz CT molecular complexity index is 1660. The molecule has 1 atom stereocenters. The fourth-order valence-electron chi connectivity index (χ4n) is 7.47. The first-order chi connectivity index (χ1) is 22.5. The molecule has 0 radical (unpaired) electrons. The molecule has 1 aliphatic carbocycles. The Morgan fingerprint density at radius 1 is 0.936 bits per heavy atom. The number of halogens is 1. The van der Waals surface area contributed by atoms with Crippen molar-refractivity contribution in [2.45, 2.75) is 64.1 Å². The summed E-state index contributed by atoms with van der Waals surface area (Å²) >= 11 is 6.28. The lowest BCUT2D eigenvalue weighted by Crippen LogP contribution is -2.47. The number of hydrogen-bond donors (Lipinski definition) is 0. The van der Waals surface area contributed by atoms with Crippen LogP contribution in [0.15, 0.2) is 60.7 Å². The van der Waals surface area contributed by atoms with Crippen LogP contribution in [-0.4, -0.2) is 76.7 Å². The third-order valence-corrected chi connectivity index (χ3v) is 11.8. The van der Waals surface area contributed by atoms with Crippen molar-refractivity contribution in [1.82, 2.24) is 4.90 Å². The van der Waals surface area contributed by atoms with E-state index in [0.717, 1.165) is 60.3 Å². The second-order valence-corrected chi connectivity index (χ2v) is 16.3. The normalized spacial score (nSPS) is 23.0. The first-order valence-electron chi connectivity index (χ1n) is 16.7. The molecule has 0 bridgehead atoms. The van der Waals surface area contributed by atoms with Gasteiger partial charge in [-0.15, -0.1) is 0 Å². The number of ether oxygens (including phenoxy) is 2. The molecule has 0 spiro atoms. The van der Waals surface area contributed by atoms with Crippen molar-refractivity contribution in [3.8, 4) is 11.5 Å². The molecule has 0 N–H and O–H groups in total. The molecule has 0 aromatic heterocycles. The van der Waals surface area contributed by atoms with E-state index < -0.39 is 9.84 Å². The summed E-state index contributed by atoms with van der Waals surface area (Å²) < 4.78 is 35.5. The van der Waals surface area contributed by atoms with Gasteiger partial charge in [0.05, 0.1) is 37.2 Å². The van der Waals surface area contributed by atoms with Crippen LogP contribution in [0.2, 0.25) is 5.02 Å². The molecule has 252 valence electrons. The summed E-state index contributed by atoms with van der Waals surface area (Å²) in [6.45, 7) is 6.29. The first kappa shape index (κ1) is 33.6. The molecule has 3 aromatic rings. The fourth-order valence-corrected chi connectivity index (χ4v) is 8.83. The Kier molecular flexibility index (Phi) is 10.1. The topological polar surface area (TPSA) is 79.4 Å². The predicted octanol–water partition coefficient (Wildman–Crippen LogP) is 6.54. The maximum absolute atomic E-state index is 13.9. The van der Waals surface area contributed by atoms with Crippen LogP contribution in [0.5, 0.6) is 11.5 Å². The highest BCUT2D eigenvalue weighted by Gasteiger charge is 2.36. The zero-order valence-corrected chi connectivity index (χ0v) is 29.4. The van der Waals surface area contributed by atoms with E-state index in [0.29, 0.717) is 53.1 Å². The van der Waals surface area contributed by atoms with Crippen molar-refractivity contribution in [3.05, 3.63) is 82.4 Å². The molecule has 1 saturated carbocycles. The van der Waals surface area contributed by atoms with Crippen molar-refractivity contribution >= 4 is 38.7 Å². The van der Waals surface area contributed by atoms with E-state index in [4.69, 9.17) is 21.1 Å². The van der Waals surface area contributed by atoms with Gasteiger partial charge in [0, 0.05) is 49.1 Å². The van der Waals surface area contributed by atoms with Crippen LogP contribution in [0.3, 0.4) is 0 Å². The number of benzene rings is 3. The number of fused-ring (bicyclic) bond motifs is 1. The van der Waals surface area contributed by atoms with E-state index >= 15 is 0 Å². The summed E-state index contributed by atoms with van der Waals surface area (Å²) in [6.07, 6.45) is 4.76. The molecular formula is C37H46ClN3O5S. The average Bonchev–Trinajstić information content (AvgIpc) is 3.05. The Balaban J connectivity index is 1.19. The molecule has 3 aliphatic rings. The van der Waals surface area contributed by atoms with E-state index in [-0.39, 0.29) is 24.5 Å². The number of anilines is 2. The predicted molar refractivity (Wildman–Crippen MR) is 189 cm³/mol. The fraction of sp³-hybridized carbons (Fsp3) is 0.486. The van der Waals surface area contributed by atoms with Crippen LogP contribution in [0, 0.1) is 5.92 Å².